The molecule has 2 aromatic carbocycles. The van der Waals surface area contributed by atoms with Crippen molar-refractivity contribution in [3.63, 3.8) is 0 Å². The van der Waals surface area contributed by atoms with Gasteiger partial charge >= 0.3 is 0 Å². The molecule has 1 N–H and O–H groups in total. The van der Waals surface area contributed by atoms with E-state index in [1.54, 1.807) is 0 Å². The van der Waals surface area contributed by atoms with Crippen LogP contribution in [-0.2, 0) is 6.61 Å². The number of hydrogen-bond acceptors (Lipinski definition) is 4. The number of benzene rings is 2. The molecule has 0 amide bonds. The fourth-order valence-electron chi connectivity index (χ4n) is 3.51. The Morgan fingerprint density at radius 3 is 2.52 bits per heavy atom. The van der Waals surface area contributed by atoms with E-state index in [2.05, 4.69) is 10.2 Å². The fraction of sp³-hybridized carbons (Fsp3) is 0.455. The number of nitrogens with zero attached hydrogens (tertiary/aromatic N) is 1. The average molecular weight is 372 g/mol. The molecule has 0 unspecified atom stereocenters. The second-order valence-corrected chi connectivity index (χ2v) is 6.69. The first-order valence-corrected chi connectivity index (χ1v) is 9.76. The van der Waals surface area contributed by atoms with Crippen LogP contribution in [0.3, 0.4) is 0 Å². The van der Waals surface area contributed by atoms with Gasteiger partial charge in [-0.1, -0.05) is 36.4 Å². The lowest BCUT2D eigenvalue weighted by Gasteiger charge is -2.35. The summed E-state index contributed by atoms with van der Waals surface area (Å²) in [5.74, 6) is 1.45. The van der Waals surface area contributed by atoms with E-state index in [-0.39, 0.29) is 12.7 Å². The highest BCUT2D eigenvalue weighted by Gasteiger charge is 2.23. The lowest BCUT2D eigenvalue weighted by Crippen LogP contribution is -2.45. The lowest BCUT2D eigenvalue weighted by atomic mass is 10.0. The number of rotatable bonds is 9. The Hall–Kier alpha value is -2.11. The molecule has 0 radical (unpaired) electrons. The largest absolute Gasteiger partial charge is 0.490 e. The summed E-state index contributed by atoms with van der Waals surface area (Å²) in [5.41, 5.74) is 2.20. The second-order valence-electron chi connectivity index (χ2n) is 6.69. The van der Waals surface area contributed by atoms with E-state index in [4.69, 9.17) is 9.47 Å². The minimum Gasteiger partial charge on any atom is -0.490 e. The van der Waals surface area contributed by atoms with Gasteiger partial charge in [-0.05, 0) is 36.6 Å². The molecular formula is C22H29FN2O2. The Morgan fingerprint density at radius 2 is 1.81 bits per heavy atom. The monoisotopic (exact) mass is 372 g/mol. The second kappa shape index (κ2) is 10.3. The van der Waals surface area contributed by atoms with Crippen molar-refractivity contribution in [2.45, 2.75) is 26.0 Å². The first-order chi connectivity index (χ1) is 13.3. The standard InChI is InChI=1S/C22H29FN2O2/c1-2-26-22-16-19(20(10-11-23)25-14-12-24-13-15-25)8-9-21(22)27-17-18-6-4-3-5-7-18/h3-9,16,20,24H,2,10-15,17H2,1H3/t20-/m1/s1. The molecule has 1 fully saturated rings. The maximum atomic E-state index is 13.2. The molecule has 1 saturated heterocycles. The van der Waals surface area contributed by atoms with Gasteiger partial charge < -0.3 is 14.8 Å². The number of halogens is 1. The maximum Gasteiger partial charge on any atom is 0.161 e. The van der Waals surface area contributed by atoms with Crippen LogP contribution in [0.25, 0.3) is 0 Å². The van der Waals surface area contributed by atoms with Crippen LogP contribution in [0.15, 0.2) is 48.5 Å². The van der Waals surface area contributed by atoms with Gasteiger partial charge in [0, 0.05) is 32.2 Å². The van der Waals surface area contributed by atoms with E-state index in [9.17, 15) is 4.39 Å². The Bertz CT molecular complexity index is 690. The summed E-state index contributed by atoms with van der Waals surface area (Å²) < 4.78 is 25.0. The Balaban J connectivity index is 1.78. The molecule has 4 nitrogen and oxygen atoms in total. The summed E-state index contributed by atoms with van der Waals surface area (Å²) in [6.07, 6.45) is 0.496. The predicted molar refractivity (Wildman–Crippen MR) is 106 cm³/mol. The summed E-state index contributed by atoms with van der Waals surface area (Å²) in [5, 5.41) is 3.36. The van der Waals surface area contributed by atoms with Crippen LogP contribution >= 0.6 is 0 Å². The van der Waals surface area contributed by atoms with E-state index in [0.717, 1.165) is 48.8 Å². The molecule has 0 bridgehead atoms. The highest BCUT2D eigenvalue weighted by Crippen LogP contribution is 2.34. The molecule has 1 aliphatic rings. The van der Waals surface area contributed by atoms with Crippen LogP contribution in [0, 0.1) is 0 Å². The fourth-order valence-corrected chi connectivity index (χ4v) is 3.51. The van der Waals surface area contributed by atoms with E-state index in [0.29, 0.717) is 19.6 Å². The zero-order valence-electron chi connectivity index (χ0n) is 16.0. The Kier molecular flexibility index (Phi) is 7.48. The third kappa shape index (κ3) is 5.44. The number of alkyl halides is 1. The molecule has 0 spiro atoms. The van der Waals surface area contributed by atoms with Crippen LogP contribution in [0.4, 0.5) is 4.39 Å². The van der Waals surface area contributed by atoms with Crippen molar-refractivity contribution in [1.82, 2.24) is 10.2 Å². The number of ether oxygens (including phenoxy) is 2. The normalized spacial score (nSPS) is 16.1. The summed E-state index contributed by atoms with van der Waals surface area (Å²) in [7, 11) is 0. The zero-order chi connectivity index (χ0) is 18.9. The summed E-state index contributed by atoms with van der Waals surface area (Å²) in [6, 6.07) is 16.2. The smallest absolute Gasteiger partial charge is 0.161 e. The summed E-state index contributed by atoms with van der Waals surface area (Å²) >= 11 is 0. The number of hydrogen-bond donors (Lipinski definition) is 1. The van der Waals surface area contributed by atoms with Gasteiger partial charge in [0.15, 0.2) is 11.5 Å². The maximum absolute atomic E-state index is 13.2. The Labute approximate surface area is 161 Å². The quantitative estimate of drug-likeness (QED) is 0.722. The van der Waals surface area contributed by atoms with Gasteiger partial charge in [0.2, 0.25) is 0 Å². The molecule has 1 heterocycles. The molecule has 146 valence electrons. The molecule has 0 aliphatic carbocycles. The van der Waals surface area contributed by atoms with Crippen molar-refractivity contribution in [2.75, 3.05) is 39.5 Å². The van der Waals surface area contributed by atoms with Crippen LogP contribution in [-0.4, -0.2) is 44.4 Å². The first-order valence-electron chi connectivity index (χ1n) is 9.76. The number of nitrogens with one attached hydrogen (secondary N) is 1. The van der Waals surface area contributed by atoms with E-state index >= 15 is 0 Å². The van der Waals surface area contributed by atoms with Crippen molar-refractivity contribution in [3.05, 3.63) is 59.7 Å². The molecule has 27 heavy (non-hydrogen) atoms. The van der Waals surface area contributed by atoms with E-state index in [1.165, 1.54) is 0 Å². The van der Waals surface area contributed by atoms with Gasteiger partial charge in [0.1, 0.15) is 6.61 Å². The molecule has 3 rings (SSSR count). The zero-order valence-corrected chi connectivity index (χ0v) is 16.0. The highest BCUT2D eigenvalue weighted by atomic mass is 19.1. The minimum absolute atomic E-state index is 0.0690. The van der Waals surface area contributed by atoms with Crippen molar-refractivity contribution >= 4 is 0 Å². The average Bonchev–Trinajstić information content (AvgIpc) is 2.73. The van der Waals surface area contributed by atoms with Crippen LogP contribution in [0.1, 0.15) is 30.5 Å². The molecule has 5 heteroatoms. The first kappa shape index (κ1) is 19.6. The van der Waals surface area contributed by atoms with Crippen molar-refractivity contribution < 1.29 is 13.9 Å². The molecule has 0 saturated carbocycles. The van der Waals surface area contributed by atoms with Gasteiger partial charge in [-0.3, -0.25) is 9.29 Å². The number of piperazine rings is 1. The van der Waals surface area contributed by atoms with Crippen LogP contribution < -0.4 is 14.8 Å². The van der Waals surface area contributed by atoms with Crippen LogP contribution in [0.2, 0.25) is 0 Å². The van der Waals surface area contributed by atoms with Crippen molar-refractivity contribution in [3.8, 4) is 11.5 Å². The summed E-state index contributed by atoms with van der Waals surface area (Å²) in [6.45, 7) is 6.44. The third-order valence-corrected chi connectivity index (χ3v) is 4.86. The topological polar surface area (TPSA) is 33.7 Å². The van der Waals surface area contributed by atoms with Crippen molar-refractivity contribution in [2.24, 2.45) is 0 Å². The Morgan fingerprint density at radius 1 is 1.04 bits per heavy atom. The van der Waals surface area contributed by atoms with Gasteiger partial charge in [-0.15, -0.1) is 0 Å². The SMILES string of the molecule is CCOc1cc([C@@H](CCF)N2CCNCC2)ccc1OCc1ccccc1. The van der Waals surface area contributed by atoms with Gasteiger partial charge in [0.05, 0.1) is 13.3 Å². The molecule has 1 aliphatic heterocycles. The van der Waals surface area contributed by atoms with Gasteiger partial charge in [-0.2, -0.15) is 0 Å². The molecule has 0 aromatic heterocycles. The van der Waals surface area contributed by atoms with Gasteiger partial charge in [-0.25, -0.2) is 0 Å². The van der Waals surface area contributed by atoms with Crippen molar-refractivity contribution in [1.29, 1.82) is 0 Å². The lowest BCUT2D eigenvalue weighted by molar-refractivity contribution is 0.157. The predicted octanol–water partition coefficient (Wildman–Crippen LogP) is 3.97. The molecule has 2 aromatic rings. The van der Waals surface area contributed by atoms with Gasteiger partial charge in [0.25, 0.3) is 0 Å². The molecule has 1 atom stereocenters. The van der Waals surface area contributed by atoms with E-state index < -0.39 is 0 Å². The van der Waals surface area contributed by atoms with E-state index in [1.807, 2.05) is 55.5 Å². The minimum atomic E-state index is -0.329. The third-order valence-electron chi connectivity index (χ3n) is 4.86. The highest BCUT2D eigenvalue weighted by molar-refractivity contribution is 5.44. The molecular weight excluding hydrogens is 343 g/mol. The summed E-state index contributed by atoms with van der Waals surface area (Å²) in [4.78, 5) is 2.35. The van der Waals surface area contributed by atoms with Crippen LogP contribution in [0.5, 0.6) is 11.5 Å².